The Morgan fingerprint density at radius 2 is 1.53 bits per heavy atom. The van der Waals surface area contributed by atoms with E-state index in [1.54, 1.807) is 6.92 Å². The van der Waals surface area contributed by atoms with Gasteiger partial charge < -0.3 is 4.90 Å². The quantitative estimate of drug-likeness (QED) is 0.366. The molecule has 0 N–H and O–H groups in total. The smallest absolute Gasteiger partial charge is 0.313 e. The molecule has 0 aliphatic carbocycles. The number of pyridine rings is 1. The number of hydrogen-bond acceptors (Lipinski definition) is 6. The highest BCUT2D eigenvalue weighted by atomic mass is 16.6. The van der Waals surface area contributed by atoms with Crippen molar-refractivity contribution in [2.75, 3.05) is 51.2 Å². The maximum atomic E-state index is 11.6. The predicted molar refractivity (Wildman–Crippen MR) is 136 cm³/mol. The van der Waals surface area contributed by atoms with E-state index in [2.05, 4.69) is 75.4 Å². The predicted octanol–water partition coefficient (Wildman–Crippen LogP) is 4.45. The van der Waals surface area contributed by atoms with Crippen LogP contribution in [0.2, 0.25) is 0 Å². The first kappa shape index (κ1) is 23.9. The second kappa shape index (κ2) is 10.8. The molecule has 0 bridgehead atoms. The van der Waals surface area contributed by atoms with Gasteiger partial charge in [0.15, 0.2) is 0 Å². The lowest BCUT2D eigenvalue weighted by Crippen LogP contribution is -2.49. The number of anilines is 1. The molecule has 0 unspecified atom stereocenters. The Kier molecular flexibility index (Phi) is 7.55. The van der Waals surface area contributed by atoms with Gasteiger partial charge in [-0.1, -0.05) is 60.7 Å². The Hall–Kier alpha value is -3.29. The van der Waals surface area contributed by atoms with Gasteiger partial charge in [-0.2, -0.15) is 0 Å². The molecule has 7 nitrogen and oxygen atoms in total. The van der Waals surface area contributed by atoms with Gasteiger partial charge in [-0.15, -0.1) is 0 Å². The highest BCUT2D eigenvalue weighted by Gasteiger charge is 2.27. The zero-order chi connectivity index (χ0) is 24.1. The second-order valence-corrected chi connectivity index (χ2v) is 9.00. The van der Waals surface area contributed by atoms with Crippen LogP contribution < -0.4 is 4.90 Å². The maximum Gasteiger partial charge on any atom is 0.313 e. The van der Waals surface area contributed by atoms with Crippen molar-refractivity contribution >= 4 is 11.4 Å². The topological polar surface area (TPSA) is 65.8 Å². The molecular formula is C27H33N5O2. The van der Waals surface area contributed by atoms with Gasteiger partial charge in [0, 0.05) is 52.0 Å². The second-order valence-electron chi connectivity index (χ2n) is 9.00. The number of hydrogen-bond donors (Lipinski definition) is 0. The highest BCUT2D eigenvalue weighted by molar-refractivity contribution is 5.65. The van der Waals surface area contributed by atoms with Gasteiger partial charge in [0.2, 0.25) is 0 Å². The average Bonchev–Trinajstić information content (AvgIpc) is 2.84. The molecule has 7 heteroatoms. The van der Waals surface area contributed by atoms with E-state index < -0.39 is 0 Å². The minimum atomic E-state index is -0.320. The van der Waals surface area contributed by atoms with Crippen LogP contribution in [0.4, 0.5) is 11.4 Å². The van der Waals surface area contributed by atoms with E-state index in [0.717, 1.165) is 45.0 Å². The number of likely N-dealkylation sites (N-methyl/N-ethyl adjacent to an activating group) is 1. The van der Waals surface area contributed by atoms with Crippen molar-refractivity contribution in [3.05, 3.63) is 99.4 Å². The molecule has 3 aromatic rings. The lowest BCUT2D eigenvalue weighted by molar-refractivity contribution is -0.385. The molecule has 1 fully saturated rings. The van der Waals surface area contributed by atoms with Gasteiger partial charge in [-0.3, -0.25) is 24.9 Å². The van der Waals surface area contributed by atoms with Crippen molar-refractivity contribution in [1.29, 1.82) is 0 Å². The van der Waals surface area contributed by atoms with Crippen LogP contribution in [0.1, 0.15) is 28.6 Å². The minimum absolute atomic E-state index is 0.103. The van der Waals surface area contributed by atoms with Crippen molar-refractivity contribution in [3.8, 4) is 0 Å². The zero-order valence-corrected chi connectivity index (χ0v) is 20.2. The first-order valence-corrected chi connectivity index (χ1v) is 11.8. The Bertz CT molecular complexity index is 1060. The summed E-state index contributed by atoms with van der Waals surface area (Å²) in [6.45, 7) is 9.08. The van der Waals surface area contributed by atoms with Crippen LogP contribution in [-0.4, -0.2) is 66.0 Å². The fraction of sp³-hybridized carbons (Fsp3) is 0.370. The molecule has 1 aliphatic heterocycles. The van der Waals surface area contributed by atoms with Gasteiger partial charge in [-0.25, -0.2) is 0 Å². The summed E-state index contributed by atoms with van der Waals surface area (Å²) in [6, 6.07) is 23.5. The number of rotatable bonds is 8. The van der Waals surface area contributed by atoms with Gasteiger partial charge in [-0.05, 0) is 31.0 Å². The van der Waals surface area contributed by atoms with Crippen LogP contribution in [0.15, 0.2) is 66.7 Å². The summed E-state index contributed by atoms with van der Waals surface area (Å²) < 4.78 is 0. The Morgan fingerprint density at radius 3 is 2.06 bits per heavy atom. The summed E-state index contributed by atoms with van der Waals surface area (Å²) in [5, 5.41) is 11.6. The fourth-order valence-electron chi connectivity index (χ4n) is 4.86. The molecule has 34 heavy (non-hydrogen) atoms. The Morgan fingerprint density at radius 1 is 0.971 bits per heavy atom. The van der Waals surface area contributed by atoms with E-state index in [1.807, 2.05) is 24.9 Å². The number of piperazine rings is 1. The molecule has 2 aromatic carbocycles. The van der Waals surface area contributed by atoms with Gasteiger partial charge in [0.25, 0.3) is 0 Å². The number of aromatic nitrogens is 1. The molecular weight excluding hydrogens is 426 g/mol. The van der Waals surface area contributed by atoms with Gasteiger partial charge >= 0.3 is 5.69 Å². The van der Waals surface area contributed by atoms with E-state index in [9.17, 15) is 10.1 Å². The molecule has 178 valence electrons. The van der Waals surface area contributed by atoms with Crippen LogP contribution >= 0.6 is 0 Å². The summed E-state index contributed by atoms with van der Waals surface area (Å²) in [5.74, 6) is 0. The largest absolute Gasteiger partial charge is 0.368 e. The average molecular weight is 460 g/mol. The number of nitro groups is 1. The molecule has 0 spiro atoms. The van der Waals surface area contributed by atoms with Crippen molar-refractivity contribution in [2.45, 2.75) is 19.9 Å². The first-order valence-electron chi connectivity index (χ1n) is 11.8. The molecule has 1 aliphatic rings. The number of aryl methyl sites for hydroxylation is 2. The van der Waals surface area contributed by atoms with Crippen molar-refractivity contribution < 1.29 is 4.92 Å². The molecule has 2 heterocycles. The first-order chi connectivity index (χ1) is 16.4. The third-order valence-electron chi connectivity index (χ3n) is 6.62. The van der Waals surface area contributed by atoms with Gasteiger partial charge in [0.05, 0.1) is 11.0 Å². The monoisotopic (exact) mass is 459 g/mol. The summed E-state index contributed by atoms with van der Waals surface area (Å²) >= 11 is 0. The third-order valence-corrected chi connectivity index (χ3v) is 6.62. The van der Waals surface area contributed by atoms with E-state index in [4.69, 9.17) is 0 Å². The van der Waals surface area contributed by atoms with Crippen molar-refractivity contribution in [2.24, 2.45) is 0 Å². The summed E-state index contributed by atoms with van der Waals surface area (Å²) in [6.07, 6.45) is 0. The summed E-state index contributed by atoms with van der Waals surface area (Å²) in [4.78, 5) is 22.6. The number of benzene rings is 2. The Balaban J connectivity index is 1.40. The highest BCUT2D eigenvalue weighted by Crippen LogP contribution is 2.31. The maximum absolute atomic E-state index is 11.6. The normalized spacial score (nSPS) is 14.9. The fourth-order valence-corrected chi connectivity index (χ4v) is 4.86. The SMILES string of the molecule is Cc1cc(N(C)CCN2CCN(C(c3ccccc3)c3ccccc3)CC2)c([N+](=O)[O-])c(C)n1. The zero-order valence-electron chi connectivity index (χ0n) is 20.2. The van der Waals surface area contributed by atoms with Crippen LogP contribution in [-0.2, 0) is 0 Å². The van der Waals surface area contributed by atoms with Crippen LogP contribution in [0.5, 0.6) is 0 Å². The molecule has 0 radical (unpaired) electrons. The molecule has 4 rings (SSSR count). The standard InChI is InChI=1S/C27H33N5O2/c1-21-20-25(26(32(33)34)22(2)28-21)29(3)14-15-30-16-18-31(19-17-30)27(23-10-6-4-7-11-23)24-12-8-5-9-13-24/h4-13,20,27H,14-19H2,1-3H3. The van der Waals surface area contributed by atoms with Gasteiger partial charge in [0.1, 0.15) is 11.4 Å². The van der Waals surface area contributed by atoms with Crippen LogP contribution in [0.3, 0.4) is 0 Å². The van der Waals surface area contributed by atoms with Crippen LogP contribution in [0.25, 0.3) is 0 Å². The molecule has 0 atom stereocenters. The molecule has 0 saturated carbocycles. The van der Waals surface area contributed by atoms with E-state index in [0.29, 0.717) is 11.4 Å². The summed E-state index contributed by atoms with van der Waals surface area (Å²) in [5.41, 5.74) is 4.64. The molecule has 1 aromatic heterocycles. The molecule has 1 saturated heterocycles. The van der Waals surface area contributed by atoms with Crippen molar-refractivity contribution in [3.63, 3.8) is 0 Å². The van der Waals surface area contributed by atoms with Crippen LogP contribution in [0, 0.1) is 24.0 Å². The van der Waals surface area contributed by atoms with Crippen molar-refractivity contribution in [1.82, 2.24) is 14.8 Å². The summed E-state index contributed by atoms with van der Waals surface area (Å²) in [7, 11) is 1.93. The molecule has 0 amide bonds. The lowest BCUT2D eigenvalue weighted by atomic mass is 9.96. The number of nitrogens with zero attached hydrogens (tertiary/aromatic N) is 5. The minimum Gasteiger partial charge on any atom is -0.368 e. The van der Waals surface area contributed by atoms with E-state index in [-0.39, 0.29) is 16.7 Å². The van der Waals surface area contributed by atoms with E-state index in [1.165, 1.54) is 11.1 Å². The Labute approximate surface area is 201 Å². The van der Waals surface area contributed by atoms with E-state index >= 15 is 0 Å². The lowest BCUT2D eigenvalue weighted by Gasteiger charge is -2.40. The third kappa shape index (κ3) is 5.43.